The normalized spacial score (nSPS) is 16.8. The number of carboxylic acid groups (broad SMARTS) is 1. The van der Waals surface area contributed by atoms with E-state index in [4.69, 9.17) is 16.6 Å². The summed E-state index contributed by atoms with van der Waals surface area (Å²) >= 11 is 0. The van der Waals surface area contributed by atoms with Gasteiger partial charge in [-0.05, 0) is 6.92 Å². The minimum atomic E-state index is -0.903. The van der Waals surface area contributed by atoms with Crippen LogP contribution in [0.4, 0.5) is 0 Å². The summed E-state index contributed by atoms with van der Waals surface area (Å²) in [7, 11) is 0. The fourth-order valence-electron chi connectivity index (χ4n) is 0.388. The molecule has 0 heterocycles. The zero-order valence-electron chi connectivity index (χ0n) is 5.37. The van der Waals surface area contributed by atoms with Gasteiger partial charge in [-0.25, -0.2) is 0 Å². The lowest BCUT2D eigenvalue weighted by Crippen LogP contribution is -2.40. The molecule has 0 unspecified atom stereocenters. The maximum Gasteiger partial charge on any atom is 0.304 e. The maximum atomic E-state index is 9.98. The third-order valence-electron chi connectivity index (χ3n) is 1.09. The SMILES string of the molecule is C[C@H](N)[C@H](N)CC(=O)O. The summed E-state index contributed by atoms with van der Waals surface area (Å²) in [6.45, 7) is 1.69. The fourth-order valence-corrected chi connectivity index (χ4v) is 0.388. The van der Waals surface area contributed by atoms with Crippen LogP contribution in [0.1, 0.15) is 13.3 Å². The second kappa shape index (κ2) is 3.42. The summed E-state index contributed by atoms with van der Waals surface area (Å²) in [6, 6.07) is -0.677. The van der Waals surface area contributed by atoms with Crippen molar-refractivity contribution < 1.29 is 9.90 Å². The predicted octanol–water partition coefficient (Wildman–Crippen LogP) is -0.864. The Labute approximate surface area is 53.8 Å². The fraction of sp³-hybridized carbons (Fsp3) is 0.800. The van der Waals surface area contributed by atoms with Gasteiger partial charge >= 0.3 is 5.97 Å². The van der Waals surface area contributed by atoms with Crippen LogP contribution in [0.5, 0.6) is 0 Å². The highest BCUT2D eigenvalue weighted by atomic mass is 16.4. The Morgan fingerprint density at radius 2 is 2.11 bits per heavy atom. The number of hydrogen-bond acceptors (Lipinski definition) is 3. The quantitative estimate of drug-likeness (QED) is 0.466. The topological polar surface area (TPSA) is 89.3 Å². The van der Waals surface area contributed by atoms with E-state index < -0.39 is 12.0 Å². The van der Waals surface area contributed by atoms with Crippen LogP contribution >= 0.6 is 0 Å². The molecule has 54 valence electrons. The van der Waals surface area contributed by atoms with E-state index in [0.717, 1.165) is 0 Å². The Hall–Kier alpha value is -0.610. The van der Waals surface area contributed by atoms with Gasteiger partial charge in [0.1, 0.15) is 0 Å². The Bertz CT molecular complexity index is 103. The van der Waals surface area contributed by atoms with Crippen molar-refractivity contribution in [1.82, 2.24) is 0 Å². The highest BCUT2D eigenvalue weighted by Crippen LogP contribution is 1.90. The molecule has 0 aromatic carbocycles. The first-order valence-electron chi connectivity index (χ1n) is 2.77. The van der Waals surface area contributed by atoms with E-state index >= 15 is 0 Å². The van der Waals surface area contributed by atoms with Gasteiger partial charge in [0.25, 0.3) is 0 Å². The van der Waals surface area contributed by atoms with Crippen LogP contribution in [0.25, 0.3) is 0 Å². The highest BCUT2D eigenvalue weighted by molar-refractivity contribution is 5.67. The van der Waals surface area contributed by atoms with Gasteiger partial charge in [0.2, 0.25) is 0 Å². The molecular formula is C5H12N2O2. The summed E-state index contributed by atoms with van der Waals surface area (Å²) < 4.78 is 0. The molecule has 0 aliphatic rings. The number of carboxylic acids is 1. The van der Waals surface area contributed by atoms with Gasteiger partial charge in [-0.2, -0.15) is 0 Å². The van der Waals surface area contributed by atoms with Gasteiger partial charge < -0.3 is 16.6 Å². The lowest BCUT2D eigenvalue weighted by Gasteiger charge is -2.11. The first kappa shape index (κ1) is 8.39. The average Bonchev–Trinajstić information content (AvgIpc) is 1.63. The van der Waals surface area contributed by atoms with Crippen LogP contribution < -0.4 is 11.5 Å². The van der Waals surface area contributed by atoms with Crippen molar-refractivity contribution in [2.24, 2.45) is 11.5 Å². The lowest BCUT2D eigenvalue weighted by molar-refractivity contribution is -0.137. The van der Waals surface area contributed by atoms with E-state index in [-0.39, 0.29) is 12.5 Å². The Balaban J connectivity index is 3.50. The second-order valence-electron chi connectivity index (χ2n) is 2.12. The molecular weight excluding hydrogens is 120 g/mol. The average molecular weight is 132 g/mol. The molecule has 0 aromatic rings. The molecule has 0 amide bonds. The molecule has 0 saturated heterocycles. The largest absolute Gasteiger partial charge is 0.481 e. The molecule has 0 spiro atoms. The first-order valence-corrected chi connectivity index (χ1v) is 2.77. The minimum absolute atomic E-state index is 0.0579. The lowest BCUT2D eigenvalue weighted by atomic mass is 10.1. The van der Waals surface area contributed by atoms with Gasteiger partial charge in [-0.3, -0.25) is 4.79 Å². The monoisotopic (exact) mass is 132 g/mol. The van der Waals surface area contributed by atoms with E-state index in [1.165, 1.54) is 0 Å². The van der Waals surface area contributed by atoms with Crippen LogP contribution in [-0.4, -0.2) is 23.2 Å². The van der Waals surface area contributed by atoms with Crippen LogP contribution in [0, 0.1) is 0 Å². The second-order valence-corrected chi connectivity index (χ2v) is 2.12. The van der Waals surface area contributed by atoms with Gasteiger partial charge in [0.15, 0.2) is 0 Å². The molecule has 2 atom stereocenters. The molecule has 0 fully saturated rings. The van der Waals surface area contributed by atoms with E-state index in [1.54, 1.807) is 6.92 Å². The summed E-state index contributed by atoms with van der Waals surface area (Å²) in [5.41, 5.74) is 10.6. The third kappa shape index (κ3) is 3.93. The molecule has 0 bridgehead atoms. The van der Waals surface area contributed by atoms with Crippen LogP contribution in [0.3, 0.4) is 0 Å². The highest BCUT2D eigenvalue weighted by Gasteiger charge is 2.11. The zero-order chi connectivity index (χ0) is 7.44. The van der Waals surface area contributed by atoms with E-state index in [0.29, 0.717) is 0 Å². The number of rotatable bonds is 3. The van der Waals surface area contributed by atoms with E-state index in [2.05, 4.69) is 0 Å². The van der Waals surface area contributed by atoms with Gasteiger partial charge in [-0.15, -0.1) is 0 Å². The van der Waals surface area contributed by atoms with Crippen molar-refractivity contribution in [2.75, 3.05) is 0 Å². The van der Waals surface area contributed by atoms with Gasteiger partial charge in [-0.1, -0.05) is 0 Å². The maximum absolute atomic E-state index is 9.98. The standard InChI is InChI=1S/C5H12N2O2/c1-3(6)4(7)2-5(8)9/h3-4H,2,6-7H2,1H3,(H,8,9)/t3-,4+/m0/s1. The summed E-state index contributed by atoms with van der Waals surface area (Å²) in [5.74, 6) is -0.903. The van der Waals surface area contributed by atoms with Crippen LogP contribution in [0.15, 0.2) is 0 Å². The zero-order valence-corrected chi connectivity index (χ0v) is 5.37. The minimum Gasteiger partial charge on any atom is -0.481 e. The van der Waals surface area contributed by atoms with E-state index in [1.807, 2.05) is 0 Å². The third-order valence-corrected chi connectivity index (χ3v) is 1.09. The van der Waals surface area contributed by atoms with Crippen molar-refractivity contribution in [3.8, 4) is 0 Å². The smallest absolute Gasteiger partial charge is 0.304 e. The number of carbonyl (C=O) groups is 1. The Kier molecular flexibility index (Phi) is 3.19. The molecule has 0 aliphatic heterocycles. The van der Waals surface area contributed by atoms with Gasteiger partial charge in [0.05, 0.1) is 6.42 Å². The molecule has 0 aliphatic carbocycles. The molecule has 0 aromatic heterocycles. The molecule has 4 nitrogen and oxygen atoms in total. The van der Waals surface area contributed by atoms with Crippen molar-refractivity contribution in [3.05, 3.63) is 0 Å². The van der Waals surface area contributed by atoms with Crippen molar-refractivity contribution in [1.29, 1.82) is 0 Å². The molecule has 4 heteroatoms. The molecule has 0 saturated carbocycles. The number of nitrogens with two attached hydrogens (primary N) is 2. The Morgan fingerprint density at radius 3 is 2.22 bits per heavy atom. The molecule has 0 rings (SSSR count). The Morgan fingerprint density at radius 1 is 1.67 bits per heavy atom. The summed E-state index contributed by atoms with van der Waals surface area (Å²) in [4.78, 5) is 9.98. The predicted molar refractivity (Wildman–Crippen MR) is 33.9 cm³/mol. The van der Waals surface area contributed by atoms with Crippen molar-refractivity contribution in [2.45, 2.75) is 25.4 Å². The first-order chi connectivity index (χ1) is 4.04. The molecule has 5 N–H and O–H groups in total. The molecule has 0 radical (unpaired) electrons. The summed E-state index contributed by atoms with van der Waals surface area (Å²) in [5, 5.41) is 8.20. The number of hydrogen-bond donors (Lipinski definition) is 3. The van der Waals surface area contributed by atoms with Crippen LogP contribution in [0.2, 0.25) is 0 Å². The van der Waals surface area contributed by atoms with E-state index in [9.17, 15) is 4.79 Å². The van der Waals surface area contributed by atoms with Crippen molar-refractivity contribution >= 4 is 5.97 Å². The van der Waals surface area contributed by atoms with Crippen LogP contribution in [-0.2, 0) is 4.79 Å². The summed E-state index contributed by atoms with van der Waals surface area (Å²) in [6.07, 6.45) is -0.0579. The number of aliphatic carboxylic acids is 1. The molecule has 9 heavy (non-hydrogen) atoms. The van der Waals surface area contributed by atoms with Gasteiger partial charge in [0, 0.05) is 12.1 Å². The van der Waals surface area contributed by atoms with Crippen molar-refractivity contribution in [3.63, 3.8) is 0 Å².